The predicted octanol–water partition coefficient (Wildman–Crippen LogP) is 5.11. The highest BCUT2D eigenvalue weighted by molar-refractivity contribution is 8.01. The zero-order valence-corrected chi connectivity index (χ0v) is 20.9. The smallest absolute Gasteiger partial charge is 0.307 e. The molecule has 180 valence electrons. The van der Waals surface area contributed by atoms with Gasteiger partial charge in [0.15, 0.2) is 4.34 Å². The van der Waals surface area contributed by atoms with Gasteiger partial charge in [-0.3, -0.25) is 14.4 Å². The fourth-order valence-corrected chi connectivity index (χ4v) is 6.84. The van der Waals surface area contributed by atoms with E-state index in [0.29, 0.717) is 5.69 Å². The van der Waals surface area contributed by atoms with E-state index in [1.807, 2.05) is 56.3 Å². The van der Waals surface area contributed by atoms with Crippen molar-refractivity contribution < 1.29 is 19.5 Å². The fraction of sp³-hybridized carbons (Fsp3) is 0.308. The van der Waals surface area contributed by atoms with Gasteiger partial charge in [-0.1, -0.05) is 30.0 Å². The Balaban J connectivity index is 1.22. The van der Waals surface area contributed by atoms with Gasteiger partial charge in [0, 0.05) is 11.4 Å². The number of aryl methyl sites for hydroxylation is 2. The molecule has 0 saturated heterocycles. The number of nitrogens with zero attached hydrogens (tertiary/aromatic N) is 1. The first-order valence-electron chi connectivity index (χ1n) is 11.4. The largest absolute Gasteiger partial charge is 0.481 e. The highest BCUT2D eigenvalue weighted by Gasteiger charge is 2.51. The first-order valence-corrected chi connectivity index (χ1v) is 13.2. The molecule has 1 fully saturated rings. The molecule has 5 rings (SSSR count). The zero-order valence-electron chi connectivity index (χ0n) is 19.3. The van der Waals surface area contributed by atoms with E-state index < -0.39 is 17.8 Å². The number of anilines is 2. The Morgan fingerprint density at radius 3 is 2.46 bits per heavy atom. The third-order valence-electron chi connectivity index (χ3n) is 6.80. The molecule has 2 aliphatic rings. The molecule has 2 bridgehead atoms. The second-order valence-corrected chi connectivity index (χ2v) is 11.4. The summed E-state index contributed by atoms with van der Waals surface area (Å²) in [7, 11) is 0. The number of benzene rings is 2. The number of fused-ring (bicyclic) bond motifs is 3. The average molecular weight is 508 g/mol. The van der Waals surface area contributed by atoms with Crippen LogP contribution in [-0.2, 0) is 14.4 Å². The number of amides is 2. The third kappa shape index (κ3) is 4.83. The number of hydrogen-bond donors (Lipinski definition) is 3. The molecule has 0 spiro atoms. The van der Waals surface area contributed by atoms with E-state index in [9.17, 15) is 19.5 Å². The number of allylic oxidation sites excluding steroid dienone is 2. The van der Waals surface area contributed by atoms with Gasteiger partial charge in [-0.25, -0.2) is 4.98 Å². The van der Waals surface area contributed by atoms with E-state index >= 15 is 0 Å². The second-order valence-electron chi connectivity index (χ2n) is 9.13. The van der Waals surface area contributed by atoms with Gasteiger partial charge >= 0.3 is 5.97 Å². The predicted molar refractivity (Wildman–Crippen MR) is 139 cm³/mol. The number of thioether (sulfide) groups is 1. The van der Waals surface area contributed by atoms with E-state index in [2.05, 4.69) is 15.6 Å². The lowest BCUT2D eigenvalue weighted by Gasteiger charge is -2.23. The number of carboxylic acid groups (broad SMARTS) is 1. The van der Waals surface area contributed by atoms with Gasteiger partial charge < -0.3 is 15.7 Å². The van der Waals surface area contributed by atoms with Crippen molar-refractivity contribution in [1.29, 1.82) is 0 Å². The third-order valence-corrected chi connectivity index (χ3v) is 8.96. The van der Waals surface area contributed by atoms with Crippen molar-refractivity contribution in [1.82, 2.24) is 4.98 Å². The van der Waals surface area contributed by atoms with Crippen LogP contribution in [0.5, 0.6) is 0 Å². The Hall–Kier alpha value is -3.17. The highest BCUT2D eigenvalue weighted by atomic mass is 32.2. The Kier molecular flexibility index (Phi) is 6.37. The number of carboxylic acids is 1. The Bertz CT molecular complexity index is 1370. The Morgan fingerprint density at radius 1 is 1.00 bits per heavy atom. The van der Waals surface area contributed by atoms with E-state index in [1.54, 1.807) is 6.07 Å². The van der Waals surface area contributed by atoms with Gasteiger partial charge in [-0.15, -0.1) is 11.3 Å². The standard InChI is InChI=1S/C26H25N3O4S2/c1-13-3-6-17(9-14(13)2)27-21(30)12-34-26-29-19-8-7-18(11-20(19)35-26)28-24(31)22-15-4-5-16(10-15)23(22)25(32)33/h3-9,11,15-16,22-23H,10,12H2,1-2H3,(H,27,30)(H,28,31)(H,32,33)/t15-,16-,22-,23+/m0/s1. The van der Waals surface area contributed by atoms with Gasteiger partial charge in [0.05, 0.1) is 27.8 Å². The number of rotatable bonds is 7. The van der Waals surface area contributed by atoms with Gasteiger partial charge in [0.25, 0.3) is 0 Å². The summed E-state index contributed by atoms with van der Waals surface area (Å²) in [6.07, 6.45) is 4.62. The number of carbonyl (C=O) groups excluding carboxylic acids is 2. The molecule has 2 aromatic carbocycles. The summed E-state index contributed by atoms with van der Waals surface area (Å²) in [6, 6.07) is 11.3. The van der Waals surface area contributed by atoms with Crippen LogP contribution < -0.4 is 10.6 Å². The number of nitrogens with one attached hydrogen (secondary N) is 2. The molecule has 1 aromatic heterocycles. The lowest BCUT2D eigenvalue weighted by Crippen LogP contribution is -2.36. The molecule has 2 amide bonds. The summed E-state index contributed by atoms with van der Waals surface area (Å²) in [5.41, 5.74) is 4.48. The van der Waals surface area contributed by atoms with Crippen LogP contribution >= 0.6 is 23.1 Å². The molecule has 7 nitrogen and oxygen atoms in total. The van der Waals surface area contributed by atoms with Crippen LogP contribution in [0, 0.1) is 37.5 Å². The van der Waals surface area contributed by atoms with Crippen LogP contribution in [0.25, 0.3) is 10.2 Å². The molecule has 0 aliphatic heterocycles. The number of thiazole rings is 1. The maximum absolute atomic E-state index is 13.0. The van der Waals surface area contributed by atoms with Crippen molar-refractivity contribution in [2.45, 2.75) is 24.6 Å². The molecule has 3 N–H and O–H groups in total. The van der Waals surface area contributed by atoms with Crippen molar-refractivity contribution in [3.63, 3.8) is 0 Å². The first kappa shape index (κ1) is 23.6. The monoisotopic (exact) mass is 507 g/mol. The lowest BCUT2D eigenvalue weighted by atomic mass is 9.82. The molecule has 35 heavy (non-hydrogen) atoms. The van der Waals surface area contributed by atoms with Gasteiger partial charge in [0.1, 0.15) is 0 Å². The summed E-state index contributed by atoms with van der Waals surface area (Å²) < 4.78 is 1.66. The minimum Gasteiger partial charge on any atom is -0.481 e. The molecule has 1 heterocycles. The minimum absolute atomic E-state index is 0.0220. The van der Waals surface area contributed by atoms with E-state index in [4.69, 9.17) is 0 Å². The van der Waals surface area contributed by atoms with Crippen LogP contribution in [0.3, 0.4) is 0 Å². The van der Waals surface area contributed by atoms with Crippen molar-refractivity contribution in [3.8, 4) is 0 Å². The molecule has 0 radical (unpaired) electrons. The molecule has 0 unspecified atom stereocenters. The number of carbonyl (C=O) groups is 3. The molecule has 4 atom stereocenters. The van der Waals surface area contributed by atoms with Gasteiger partial charge in [-0.05, 0) is 73.6 Å². The normalized spacial score (nSPS) is 22.5. The van der Waals surface area contributed by atoms with Crippen LogP contribution in [0.4, 0.5) is 11.4 Å². The first-order chi connectivity index (χ1) is 16.8. The summed E-state index contributed by atoms with van der Waals surface area (Å²) in [4.78, 5) is 41.6. The molecule has 9 heteroatoms. The van der Waals surface area contributed by atoms with Gasteiger partial charge in [-0.2, -0.15) is 0 Å². The zero-order chi connectivity index (χ0) is 24.7. The Morgan fingerprint density at radius 2 is 1.71 bits per heavy atom. The summed E-state index contributed by atoms with van der Waals surface area (Å²) in [5, 5.41) is 15.4. The summed E-state index contributed by atoms with van der Waals surface area (Å²) in [6.45, 7) is 4.04. The van der Waals surface area contributed by atoms with E-state index in [0.717, 1.165) is 32.2 Å². The summed E-state index contributed by atoms with van der Waals surface area (Å²) >= 11 is 2.82. The number of aromatic nitrogens is 1. The van der Waals surface area contributed by atoms with Gasteiger partial charge in [0.2, 0.25) is 11.8 Å². The Labute approximate surface area is 211 Å². The van der Waals surface area contributed by atoms with Crippen molar-refractivity contribution in [2.24, 2.45) is 23.7 Å². The number of hydrogen-bond acceptors (Lipinski definition) is 6. The SMILES string of the molecule is Cc1ccc(NC(=O)CSc2nc3ccc(NC(=O)[C@@H]4[C@H](C(=O)O)[C@H]5C=C[C@H]4C5)cc3s2)cc1C. The van der Waals surface area contributed by atoms with Crippen LogP contribution in [0.2, 0.25) is 0 Å². The van der Waals surface area contributed by atoms with E-state index in [1.165, 1.54) is 28.7 Å². The average Bonchev–Trinajstić information content (AvgIpc) is 3.54. The minimum atomic E-state index is -0.914. The fourth-order valence-electron chi connectivity index (χ4n) is 4.93. The molecule has 2 aliphatic carbocycles. The molecule has 1 saturated carbocycles. The van der Waals surface area contributed by atoms with Crippen LogP contribution in [0.15, 0.2) is 52.9 Å². The second kappa shape index (κ2) is 9.47. The topological polar surface area (TPSA) is 108 Å². The quantitative estimate of drug-likeness (QED) is 0.303. The summed E-state index contributed by atoms with van der Waals surface area (Å²) in [5.74, 6) is -2.34. The lowest BCUT2D eigenvalue weighted by molar-refractivity contribution is -0.146. The highest BCUT2D eigenvalue weighted by Crippen LogP contribution is 2.48. The molecular formula is C26H25N3O4S2. The van der Waals surface area contributed by atoms with Crippen molar-refractivity contribution >= 4 is 62.5 Å². The maximum Gasteiger partial charge on any atom is 0.307 e. The molecule has 3 aromatic rings. The number of aliphatic carboxylic acids is 1. The van der Waals surface area contributed by atoms with E-state index in [-0.39, 0.29) is 29.4 Å². The van der Waals surface area contributed by atoms with Crippen molar-refractivity contribution in [3.05, 3.63) is 59.7 Å². The van der Waals surface area contributed by atoms with Crippen molar-refractivity contribution in [2.75, 3.05) is 16.4 Å². The molecular weight excluding hydrogens is 482 g/mol. The van der Waals surface area contributed by atoms with Crippen LogP contribution in [-0.4, -0.2) is 33.6 Å². The van der Waals surface area contributed by atoms with Crippen LogP contribution in [0.1, 0.15) is 17.5 Å². The maximum atomic E-state index is 13.0.